The Labute approximate surface area is 181 Å². The lowest BCUT2D eigenvalue weighted by Gasteiger charge is -2.26. The molecule has 3 aromatic rings. The highest BCUT2D eigenvalue weighted by Gasteiger charge is 2.25. The third-order valence-corrected chi connectivity index (χ3v) is 7.14. The Kier molecular flexibility index (Phi) is 5.83. The molecule has 1 fully saturated rings. The van der Waals surface area contributed by atoms with Gasteiger partial charge in [0.1, 0.15) is 11.6 Å². The van der Waals surface area contributed by atoms with E-state index in [0.29, 0.717) is 42.9 Å². The van der Waals surface area contributed by atoms with Gasteiger partial charge < -0.3 is 15.3 Å². The predicted octanol–water partition coefficient (Wildman–Crippen LogP) is 3.18. The second-order valence-corrected chi connectivity index (χ2v) is 9.75. The van der Waals surface area contributed by atoms with Crippen molar-refractivity contribution >= 4 is 15.8 Å². The number of aromatic nitrogens is 2. The third-order valence-electron chi connectivity index (χ3n) is 5.62. The fourth-order valence-electron chi connectivity index (χ4n) is 3.83. The Balaban J connectivity index is 1.67. The molecule has 2 aromatic heterocycles. The molecule has 0 spiro atoms. The van der Waals surface area contributed by atoms with Gasteiger partial charge in [-0.25, -0.2) is 23.1 Å². The number of pyridine rings is 1. The Morgan fingerprint density at radius 2 is 1.81 bits per heavy atom. The number of rotatable bonds is 5. The minimum atomic E-state index is -3.70. The van der Waals surface area contributed by atoms with Crippen LogP contribution in [0.3, 0.4) is 0 Å². The maximum absolute atomic E-state index is 13.0. The largest absolute Gasteiger partial charge is 0.441 e. The first-order chi connectivity index (χ1) is 14.7. The smallest absolute Gasteiger partial charge is 0.240 e. The number of nitrogens with zero attached hydrogens (tertiary/aromatic N) is 2. The molecule has 0 atom stereocenters. The third kappa shape index (κ3) is 4.63. The molecule has 0 bridgehead atoms. The lowest BCUT2D eigenvalue weighted by molar-refractivity contribution is 0.120. The molecule has 0 radical (unpaired) electrons. The fraction of sp³-hybridized carbons (Fsp3) is 0.364. The highest BCUT2D eigenvalue weighted by atomic mass is 32.2. The SMILES string of the molecule is Cc1cnc(-c2cc(-c3cc(S(=O)(=O)NC4CCC(O)CC4)ccc3C)cnc2N)o1. The highest BCUT2D eigenvalue weighted by molar-refractivity contribution is 7.89. The number of anilines is 1. The number of hydrogen-bond donors (Lipinski definition) is 3. The zero-order valence-electron chi connectivity index (χ0n) is 17.5. The molecule has 8 nitrogen and oxygen atoms in total. The molecular formula is C22H26N4O4S. The van der Waals surface area contributed by atoms with Crippen LogP contribution in [0.1, 0.15) is 37.0 Å². The summed E-state index contributed by atoms with van der Waals surface area (Å²) in [7, 11) is -3.70. The van der Waals surface area contributed by atoms with E-state index in [1.807, 2.05) is 13.0 Å². The zero-order valence-corrected chi connectivity index (χ0v) is 18.3. The normalized spacial score (nSPS) is 19.5. The van der Waals surface area contributed by atoms with E-state index in [1.54, 1.807) is 37.5 Å². The summed E-state index contributed by atoms with van der Waals surface area (Å²) in [5.74, 6) is 1.31. The molecule has 0 unspecified atom stereocenters. The molecule has 1 aliphatic rings. The molecule has 2 heterocycles. The van der Waals surface area contributed by atoms with Gasteiger partial charge in [0.05, 0.1) is 22.8 Å². The van der Waals surface area contributed by atoms with Crippen molar-refractivity contribution in [2.24, 2.45) is 0 Å². The van der Waals surface area contributed by atoms with Crippen molar-refractivity contribution in [2.75, 3.05) is 5.73 Å². The molecular weight excluding hydrogens is 416 g/mol. The summed E-state index contributed by atoms with van der Waals surface area (Å²) in [4.78, 5) is 8.67. The van der Waals surface area contributed by atoms with Crippen LogP contribution in [-0.4, -0.2) is 35.6 Å². The second-order valence-electron chi connectivity index (χ2n) is 8.04. The summed E-state index contributed by atoms with van der Waals surface area (Å²) < 4.78 is 34.3. The number of aliphatic hydroxyl groups excluding tert-OH is 1. The lowest BCUT2D eigenvalue weighted by Crippen LogP contribution is -2.38. The number of sulfonamides is 1. The van der Waals surface area contributed by atoms with Crippen LogP contribution in [0, 0.1) is 13.8 Å². The average molecular weight is 443 g/mol. The molecule has 4 rings (SSSR count). The van der Waals surface area contributed by atoms with Crippen molar-refractivity contribution in [3.63, 3.8) is 0 Å². The topological polar surface area (TPSA) is 131 Å². The molecule has 0 aliphatic heterocycles. The first-order valence-corrected chi connectivity index (χ1v) is 11.7. The predicted molar refractivity (Wildman–Crippen MR) is 118 cm³/mol. The molecule has 164 valence electrons. The van der Waals surface area contributed by atoms with Crippen molar-refractivity contribution in [2.45, 2.75) is 56.6 Å². The van der Waals surface area contributed by atoms with Gasteiger partial charge in [0, 0.05) is 17.8 Å². The van der Waals surface area contributed by atoms with E-state index in [1.165, 1.54) is 0 Å². The number of nitrogens with one attached hydrogen (secondary N) is 1. The zero-order chi connectivity index (χ0) is 22.2. The lowest BCUT2D eigenvalue weighted by atomic mass is 9.94. The quantitative estimate of drug-likeness (QED) is 0.553. The van der Waals surface area contributed by atoms with Gasteiger partial charge in [0.15, 0.2) is 0 Å². The van der Waals surface area contributed by atoms with Crippen LogP contribution in [-0.2, 0) is 10.0 Å². The van der Waals surface area contributed by atoms with Crippen LogP contribution in [0.4, 0.5) is 5.82 Å². The van der Waals surface area contributed by atoms with E-state index in [0.717, 1.165) is 16.7 Å². The first-order valence-electron chi connectivity index (χ1n) is 10.2. The number of nitrogen functional groups attached to an aromatic ring is 1. The number of aliphatic hydroxyl groups is 1. The first kappa shape index (κ1) is 21.5. The average Bonchev–Trinajstić information content (AvgIpc) is 3.16. The number of benzene rings is 1. The van der Waals surface area contributed by atoms with Crippen molar-refractivity contribution in [1.82, 2.24) is 14.7 Å². The van der Waals surface area contributed by atoms with Crippen molar-refractivity contribution in [1.29, 1.82) is 0 Å². The van der Waals surface area contributed by atoms with E-state index in [4.69, 9.17) is 10.2 Å². The van der Waals surface area contributed by atoms with Gasteiger partial charge in [-0.3, -0.25) is 0 Å². The van der Waals surface area contributed by atoms with Gasteiger partial charge in [0.25, 0.3) is 0 Å². The summed E-state index contributed by atoms with van der Waals surface area (Å²) >= 11 is 0. The summed E-state index contributed by atoms with van der Waals surface area (Å²) in [6, 6.07) is 6.66. The van der Waals surface area contributed by atoms with Crippen LogP contribution in [0.2, 0.25) is 0 Å². The summed E-state index contributed by atoms with van der Waals surface area (Å²) in [6.07, 6.45) is 5.34. The van der Waals surface area contributed by atoms with Gasteiger partial charge in [-0.1, -0.05) is 6.07 Å². The van der Waals surface area contributed by atoms with Crippen LogP contribution in [0.5, 0.6) is 0 Å². The van der Waals surface area contributed by atoms with Gasteiger partial charge in [-0.05, 0) is 68.9 Å². The molecule has 1 saturated carbocycles. The van der Waals surface area contributed by atoms with Crippen LogP contribution < -0.4 is 10.5 Å². The number of aryl methyl sites for hydroxylation is 2. The number of oxazole rings is 1. The minimum Gasteiger partial charge on any atom is -0.441 e. The van der Waals surface area contributed by atoms with Gasteiger partial charge in [-0.2, -0.15) is 0 Å². The van der Waals surface area contributed by atoms with Crippen molar-refractivity contribution < 1.29 is 17.9 Å². The highest BCUT2D eigenvalue weighted by Crippen LogP contribution is 2.32. The molecule has 0 amide bonds. The summed E-state index contributed by atoms with van der Waals surface area (Å²) in [5.41, 5.74) is 8.93. The van der Waals surface area contributed by atoms with Gasteiger partial charge in [0.2, 0.25) is 15.9 Å². The van der Waals surface area contributed by atoms with Crippen molar-refractivity contribution in [3.05, 3.63) is 48.0 Å². The molecule has 4 N–H and O–H groups in total. The maximum atomic E-state index is 13.0. The van der Waals surface area contributed by atoms with Crippen LogP contribution in [0.15, 0.2) is 46.0 Å². The van der Waals surface area contributed by atoms with E-state index < -0.39 is 10.0 Å². The minimum absolute atomic E-state index is 0.170. The van der Waals surface area contributed by atoms with Gasteiger partial charge >= 0.3 is 0 Å². The standard InChI is InChI=1S/C22H26N4O4S/c1-13-3-8-18(31(28,29)26-16-4-6-17(27)7-5-16)10-19(13)15-9-20(21(23)24-12-15)22-25-11-14(2)30-22/h3,8-12,16-17,26-27H,4-7H2,1-2H3,(H2,23,24). The Hall–Kier alpha value is -2.75. The summed E-state index contributed by atoms with van der Waals surface area (Å²) in [6.45, 7) is 3.70. The molecule has 31 heavy (non-hydrogen) atoms. The monoisotopic (exact) mass is 442 g/mol. The number of hydrogen-bond acceptors (Lipinski definition) is 7. The molecule has 9 heteroatoms. The van der Waals surface area contributed by atoms with Crippen molar-refractivity contribution in [3.8, 4) is 22.6 Å². The van der Waals surface area contributed by atoms with Crippen LogP contribution in [0.25, 0.3) is 22.6 Å². The molecule has 1 aliphatic carbocycles. The molecule has 1 aromatic carbocycles. The van der Waals surface area contributed by atoms with E-state index >= 15 is 0 Å². The second kappa shape index (κ2) is 8.41. The van der Waals surface area contributed by atoms with E-state index in [2.05, 4.69) is 14.7 Å². The van der Waals surface area contributed by atoms with E-state index in [9.17, 15) is 13.5 Å². The summed E-state index contributed by atoms with van der Waals surface area (Å²) in [5, 5.41) is 9.66. The fourth-order valence-corrected chi connectivity index (χ4v) is 5.16. The Morgan fingerprint density at radius 3 is 2.48 bits per heavy atom. The Morgan fingerprint density at radius 1 is 1.06 bits per heavy atom. The van der Waals surface area contributed by atoms with Crippen LogP contribution >= 0.6 is 0 Å². The maximum Gasteiger partial charge on any atom is 0.240 e. The molecule has 0 saturated heterocycles. The Bertz CT molecular complexity index is 1200. The number of nitrogens with two attached hydrogens (primary N) is 1. The van der Waals surface area contributed by atoms with Gasteiger partial charge in [-0.15, -0.1) is 0 Å². The van der Waals surface area contributed by atoms with E-state index in [-0.39, 0.29) is 22.9 Å².